The summed E-state index contributed by atoms with van der Waals surface area (Å²) in [4.78, 5) is 21.6. The number of halogens is 2. The monoisotopic (exact) mass is 463 g/mol. The van der Waals surface area contributed by atoms with Gasteiger partial charge in [0.2, 0.25) is 5.82 Å². The molecule has 2 aromatic carbocycles. The SMILES string of the molecule is Cc1c(C(=O)c2nnc(-c3ncccn3)o2)c2ccccc2n1Cc1ccc(Cl)cc1Cl. The van der Waals surface area contributed by atoms with Gasteiger partial charge in [-0.25, -0.2) is 9.97 Å². The molecule has 0 spiro atoms. The molecule has 0 aliphatic heterocycles. The third kappa shape index (κ3) is 3.55. The van der Waals surface area contributed by atoms with Crippen LogP contribution in [-0.2, 0) is 6.54 Å². The molecule has 0 aliphatic carbocycles. The summed E-state index contributed by atoms with van der Waals surface area (Å²) in [5.41, 5.74) is 3.04. The molecular formula is C23H15Cl2N5O2. The Morgan fingerprint density at radius 1 is 1.03 bits per heavy atom. The second-order valence-corrected chi connectivity index (χ2v) is 7.96. The first-order valence-electron chi connectivity index (χ1n) is 9.70. The number of benzene rings is 2. The van der Waals surface area contributed by atoms with Crippen LogP contribution in [0.15, 0.2) is 65.3 Å². The highest BCUT2D eigenvalue weighted by Crippen LogP contribution is 2.31. The van der Waals surface area contributed by atoms with Crippen LogP contribution in [0.2, 0.25) is 10.0 Å². The van der Waals surface area contributed by atoms with Gasteiger partial charge in [-0.2, -0.15) is 0 Å². The fourth-order valence-electron chi connectivity index (χ4n) is 3.66. The number of para-hydroxylation sites is 1. The molecule has 0 aliphatic rings. The maximum absolute atomic E-state index is 13.4. The quantitative estimate of drug-likeness (QED) is 0.325. The van der Waals surface area contributed by atoms with Gasteiger partial charge in [0.15, 0.2) is 0 Å². The lowest BCUT2D eigenvalue weighted by atomic mass is 10.1. The van der Waals surface area contributed by atoms with Crippen molar-refractivity contribution >= 4 is 39.9 Å². The summed E-state index contributed by atoms with van der Waals surface area (Å²) in [6.45, 7) is 2.36. The molecule has 9 heteroatoms. The Labute approximate surface area is 192 Å². The number of carbonyl (C=O) groups is 1. The summed E-state index contributed by atoms with van der Waals surface area (Å²) in [6, 6.07) is 14.7. The Morgan fingerprint density at radius 2 is 1.81 bits per heavy atom. The molecule has 3 heterocycles. The lowest BCUT2D eigenvalue weighted by Gasteiger charge is -2.10. The summed E-state index contributed by atoms with van der Waals surface area (Å²) in [5.74, 6) is -0.142. The van der Waals surface area contributed by atoms with Crippen molar-refractivity contribution in [1.82, 2.24) is 24.7 Å². The highest BCUT2D eigenvalue weighted by molar-refractivity contribution is 6.35. The predicted octanol–water partition coefficient (Wildman–Crippen LogP) is 5.38. The van der Waals surface area contributed by atoms with Gasteiger partial charge in [-0.15, -0.1) is 10.2 Å². The lowest BCUT2D eigenvalue weighted by molar-refractivity contribution is 0.100. The van der Waals surface area contributed by atoms with Crippen molar-refractivity contribution in [1.29, 1.82) is 0 Å². The van der Waals surface area contributed by atoms with E-state index in [-0.39, 0.29) is 23.4 Å². The molecule has 32 heavy (non-hydrogen) atoms. The van der Waals surface area contributed by atoms with Gasteiger partial charge in [-0.1, -0.05) is 47.5 Å². The van der Waals surface area contributed by atoms with Crippen LogP contribution in [0.4, 0.5) is 0 Å². The first-order valence-corrected chi connectivity index (χ1v) is 10.5. The van der Waals surface area contributed by atoms with Crippen LogP contribution in [0.3, 0.4) is 0 Å². The highest BCUT2D eigenvalue weighted by Gasteiger charge is 2.26. The normalized spacial score (nSPS) is 11.2. The molecule has 0 unspecified atom stereocenters. The summed E-state index contributed by atoms with van der Waals surface area (Å²) in [6.07, 6.45) is 3.13. The van der Waals surface area contributed by atoms with E-state index in [1.807, 2.05) is 41.8 Å². The molecule has 0 amide bonds. The molecule has 0 saturated heterocycles. The first kappa shape index (κ1) is 20.4. The van der Waals surface area contributed by atoms with Gasteiger partial charge >= 0.3 is 0 Å². The van der Waals surface area contributed by atoms with Crippen LogP contribution in [-0.4, -0.2) is 30.5 Å². The summed E-state index contributed by atoms with van der Waals surface area (Å²) in [5, 5.41) is 9.80. The van der Waals surface area contributed by atoms with Crippen molar-refractivity contribution in [2.45, 2.75) is 13.5 Å². The number of rotatable bonds is 5. The van der Waals surface area contributed by atoms with Crippen molar-refractivity contribution in [3.63, 3.8) is 0 Å². The Hall–Kier alpha value is -3.55. The maximum Gasteiger partial charge on any atom is 0.289 e. The number of hydrogen-bond acceptors (Lipinski definition) is 6. The molecule has 0 N–H and O–H groups in total. The number of nitrogens with zero attached hydrogens (tertiary/aromatic N) is 5. The van der Waals surface area contributed by atoms with E-state index >= 15 is 0 Å². The van der Waals surface area contributed by atoms with Gasteiger partial charge < -0.3 is 8.98 Å². The number of carbonyl (C=O) groups excluding carboxylic acids is 1. The van der Waals surface area contributed by atoms with Crippen LogP contribution in [0.1, 0.15) is 27.5 Å². The molecule has 0 saturated carbocycles. The second-order valence-electron chi connectivity index (χ2n) is 7.11. The second kappa shape index (κ2) is 8.18. The highest BCUT2D eigenvalue weighted by atomic mass is 35.5. The van der Waals surface area contributed by atoms with Crippen molar-refractivity contribution in [2.24, 2.45) is 0 Å². The molecule has 0 radical (unpaired) electrons. The van der Waals surface area contributed by atoms with E-state index in [1.165, 1.54) is 0 Å². The molecular weight excluding hydrogens is 449 g/mol. The van der Waals surface area contributed by atoms with Crippen LogP contribution >= 0.6 is 23.2 Å². The topological polar surface area (TPSA) is 86.7 Å². The van der Waals surface area contributed by atoms with E-state index in [4.69, 9.17) is 27.6 Å². The fourth-order valence-corrected chi connectivity index (χ4v) is 4.13. The first-order chi connectivity index (χ1) is 15.5. The largest absolute Gasteiger partial charge is 0.410 e. The summed E-state index contributed by atoms with van der Waals surface area (Å²) < 4.78 is 7.64. The molecule has 0 bridgehead atoms. The van der Waals surface area contributed by atoms with E-state index in [9.17, 15) is 4.79 Å². The van der Waals surface area contributed by atoms with Crippen LogP contribution in [0.5, 0.6) is 0 Å². The molecule has 0 atom stereocenters. The van der Waals surface area contributed by atoms with E-state index in [2.05, 4.69) is 20.2 Å². The standard InChI is InChI=1S/C23H15Cl2N5O2/c1-13-19(20(31)22-28-29-23(32-22)21-26-9-4-10-27-21)16-5-2-3-6-18(16)30(13)12-14-7-8-15(24)11-17(14)25/h2-11H,12H2,1H3. The van der Waals surface area contributed by atoms with Crippen molar-refractivity contribution in [2.75, 3.05) is 0 Å². The van der Waals surface area contributed by atoms with Gasteiger partial charge in [0.1, 0.15) is 0 Å². The summed E-state index contributed by atoms with van der Waals surface area (Å²) >= 11 is 12.4. The minimum atomic E-state index is -0.366. The third-order valence-electron chi connectivity index (χ3n) is 5.18. The number of hydrogen-bond donors (Lipinski definition) is 0. The van der Waals surface area contributed by atoms with Crippen LogP contribution in [0, 0.1) is 6.92 Å². The lowest BCUT2D eigenvalue weighted by Crippen LogP contribution is -2.07. The number of aromatic nitrogens is 5. The van der Waals surface area contributed by atoms with Crippen LogP contribution in [0.25, 0.3) is 22.6 Å². The van der Waals surface area contributed by atoms with Crippen molar-refractivity contribution < 1.29 is 9.21 Å². The smallest absolute Gasteiger partial charge is 0.289 e. The zero-order valence-electron chi connectivity index (χ0n) is 16.8. The van der Waals surface area contributed by atoms with Gasteiger partial charge in [-0.3, -0.25) is 4.79 Å². The predicted molar refractivity (Wildman–Crippen MR) is 121 cm³/mol. The fraction of sp³-hybridized carbons (Fsp3) is 0.0870. The number of fused-ring (bicyclic) bond motifs is 1. The number of ketones is 1. The van der Waals surface area contributed by atoms with E-state index in [0.717, 1.165) is 22.2 Å². The zero-order chi connectivity index (χ0) is 22.2. The van der Waals surface area contributed by atoms with Gasteiger partial charge in [0.25, 0.3) is 17.6 Å². The third-order valence-corrected chi connectivity index (χ3v) is 5.76. The van der Waals surface area contributed by atoms with Gasteiger partial charge in [-0.05, 0) is 36.8 Å². The summed E-state index contributed by atoms with van der Waals surface area (Å²) in [7, 11) is 0. The maximum atomic E-state index is 13.4. The van der Waals surface area contributed by atoms with Crippen molar-refractivity contribution in [3.05, 3.63) is 93.7 Å². The Bertz CT molecular complexity index is 1460. The van der Waals surface area contributed by atoms with E-state index < -0.39 is 0 Å². The Balaban J connectivity index is 1.58. The average Bonchev–Trinajstić information content (AvgIpc) is 3.40. The molecule has 7 nitrogen and oxygen atoms in total. The van der Waals surface area contributed by atoms with E-state index in [0.29, 0.717) is 22.2 Å². The molecule has 5 aromatic rings. The molecule has 5 rings (SSSR count). The molecule has 3 aromatic heterocycles. The minimum absolute atomic E-state index is 0.0864. The molecule has 158 valence electrons. The zero-order valence-corrected chi connectivity index (χ0v) is 18.3. The van der Waals surface area contributed by atoms with Gasteiger partial charge in [0.05, 0.1) is 5.56 Å². The van der Waals surface area contributed by atoms with Gasteiger partial charge in [0, 0.05) is 45.6 Å². The van der Waals surface area contributed by atoms with Crippen LogP contribution < -0.4 is 0 Å². The average molecular weight is 464 g/mol. The Kier molecular flexibility index (Phi) is 5.20. The van der Waals surface area contributed by atoms with Crippen molar-refractivity contribution in [3.8, 4) is 11.7 Å². The van der Waals surface area contributed by atoms with E-state index in [1.54, 1.807) is 30.6 Å². The minimum Gasteiger partial charge on any atom is -0.410 e. The molecule has 0 fully saturated rings. The Morgan fingerprint density at radius 3 is 2.59 bits per heavy atom.